The molecule has 192 valence electrons. The predicted molar refractivity (Wildman–Crippen MR) is 132 cm³/mol. The minimum atomic E-state index is -4.10. The zero-order valence-corrected chi connectivity index (χ0v) is 19.6. The Morgan fingerprint density at radius 2 is 1.76 bits per heavy atom. The van der Waals surface area contributed by atoms with Crippen LogP contribution in [-0.2, 0) is 16.6 Å². The van der Waals surface area contributed by atoms with Crippen LogP contribution in [0.5, 0.6) is 0 Å². The number of nitrogens with zero attached hydrogens (tertiary/aromatic N) is 1. The molecule has 0 saturated heterocycles. The molecule has 0 radical (unpaired) electrons. The molecule has 1 saturated carbocycles. The Morgan fingerprint density at radius 3 is 2.35 bits per heavy atom. The van der Waals surface area contributed by atoms with Crippen molar-refractivity contribution in [3.63, 3.8) is 0 Å². The van der Waals surface area contributed by atoms with Crippen LogP contribution in [0.25, 0.3) is 0 Å². The number of carbonyl (C=O) groups is 1. The first-order valence-corrected chi connectivity index (χ1v) is 12.2. The third-order valence-electron chi connectivity index (χ3n) is 5.70. The Morgan fingerprint density at radius 1 is 1.05 bits per heavy atom. The molecule has 0 bridgehead atoms. The van der Waals surface area contributed by atoms with E-state index in [1.165, 1.54) is 12.1 Å². The summed E-state index contributed by atoms with van der Waals surface area (Å²) in [6.07, 6.45) is 2.39. The number of hydrogen-bond donors (Lipinski definition) is 4. The van der Waals surface area contributed by atoms with Crippen LogP contribution in [-0.4, -0.2) is 55.9 Å². The summed E-state index contributed by atoms with van der Waals surface area (Å²) < 4.78 is 86.6. The van der Waals surface area contributed by atoms with Gasteiger partial charge < -0.3 is 11.1 Å². The Bertz CT molecular complexity index is 1470. The van der Waals surface area contributed by atoms with Crippen molar-refractivity contribution in [1.29, 1.82) is 0 Å². The first-order chi connectivity index (χ1) is 17.0. The van der Waals surface area contributed by atoms with Gasteiger partial charge in [-0.15, -0.1) is 0 Å². The summed E-state index contributed by atoms with van der Waals surface area (Å²) in [5.41, 5.74) is 4.13. The topological polar surface area (TPSA) is 126 Å². The summed E-state index contributed by atoms with van der Waals surface area (Å²) in [6.45, 7) is 0. The van der Waals surface area contributed by atoms with E-state index < -0.39 is 68.4 Å². The van der Waals surface area contributed by atoms with Crippen molar-refractivity contribution in [1.82, 2.24) is 9.71 Å². The van der Waals surface area contributed by atoms with Crippen LogP contribution < -0.4 is 20.5 Å². The average molecular weight is 548 g/mol. The molecular weight excluding hydrogens is 525 g/mol. The normalized spacial score (nSPS) is 13.1. The van der Waals surface area contributed by atoms with Crippen LogP contribution in [0.3, 0.4) is 0 Å². The number of anilines is 3. The van der Waals surface area contributed by atoms with Crippen molar-refractivity contribution >= 4 is 62.9 Å². The van der Waals surface area contributed by atoms with E-state index in [2.05, 4.69) is 10.3 Å². The molecule has 1 amide bonds. The number of halogens is 4. The minimum absolute atomic E-state index is 0. The van der Waals surface area contributed by atoms with Gasteiger partial charge in [-0.3, -0.25) is 9.52 Å². The van der Waals surface area contributed by atoms with Crippen molar-refractivity contribution in [2.75, 3.05) is 17.1 Å². The molecule has 4 rings (SSSR count). The van der Waals surface area contributed by atoms with Gasteiger partial charge in [0.25, 0.3) is 16.1 Å². The maximum absolute atomic E-state index is 15.1. The zero-order chi connectivity index (χ0) is 26.2. The molecular formula is C23H22F4N5NaO3S. The van der Waals surface area contributed by atoms with Crippen LogP contribution in [0, 0.1) is 23.3 Å². The van der Waals surface area contributed by atoms with Crippen LogP contribution in [0.1, 0.15) is 45.8 Å². The average Bonchev–Trinajstić information content (AvgIpc) is 3.67. The third kappa shape index (κ3) is 6.41. The molecule has 3 aromatic rings. The molecule has 8 nitrogen and oxygen atoms in total. The summed E-state index contributed by atoms with van der Waals surface area (Å²) >= 11 is 0. The molecule has 1 aliphatic rings. The number of pyridine rings is 1. The Hall–Kier alpha value is -2.71. The quantitative estimate of drug-likeness (QED) is 0.242. The van der Waals surface area contributed by atoms with E-state index in [0.717, 1.165) is 43.8 Å². The fourth-order valence-electron chi connectivity index (χ4n) is 3.64. The van der Waals surface area contributed by atoms with Gasteiger partial charge in [0, 0.05) is 19.7 Å². The molecule has 2 aromatic carbocycles. The van der Waals surface area contributed by atoms with Gasteiger partial charge >= 0.3 is 29.6 Å². The predicted octanol–water partition coefficient (Wildman–Crippen LogP) is 3.18. The maximum atomic E-state index is 15.1. The van der Waals surface area contributed by atoms with Crippen molar-refractivity contribution in [3.05, 3.63) is 82.1 Å². The van der Waals surface area contributed by atoms with E-state index in [1.54, 1.807) is 6.07 Å². The molecule has 5 N–H and O–H groups in total. The van der Waals surface area contributed by atoms with Crippen molar-refractivity contribution in [3.8, 4) is 0 Å². The first-order valence-electron chi connectivity index (χ1n) is 10.7. The molecule has 1 aliphatic carbocycles. The number of rotatable bonds is 9. The summed E-state index contributed by atoms with van der Waals surface area (Å²) in [5.74, 6) is -6.31. The van der Waals surface area contributed by atoms with Crippen LogP contribution in [0.4, 0.5) is 34.8 Å². The van der Waals surface area contributed by atoms with Gasteiger partial charge in [0.05, 0.1) is 16.9 Å². The third-order valence-corrected chi connectivity index (χ3v) is 6.70. The van der Waals surface area contributed by atoms with Gasteiger partial charge in [0.1, 0.15) is 5.82 Å². The van der Waals surface area contributed by atoms with Gasteiger partial charge in [0.15, 0.2) is 23.3 Å². The first kappa shape index (κ1) is 28.9. The monoisotopic (exact) mass is 547 g/mol. The number of benzene rings is 2. The van der Waals surface area contributed by atoms with E-state index in [4.69, 9.17) is 5.73 Å². The van der Waals surface area contributed by atoms with Gasteiger partial charge in [-0.25, -0.2) is 27.3 Å². The molecule has 1 fully saturated rings. The Labute approximate surface area is 232 Å². The van der Waals surface area contributed by atoms with E-state index in [1.807, 2.05) is 9.44 Å². The summed E-state index contributed by atoms with van der Waals surface area (Å²) in [7, 11) is -3.00. The fourth-order valence-corrected chi connectivity index (χ4v) is 4.14. The fraction of sp³-hybridized carbons (Fsp3) is 0.217. The van der Waals surface area contributed by atoms with Gasteiger partial charge in [-0.05, 0) is 59.7 Å². The van der Waals surface area contributed by atoms with E-state index in [-0.39, 0.29) is 46.7 Å². The van der Waals surface area contributed by atoms with E-state index in [9.17, 15) is 22.0 Å². The number of nitrogens with two attached hydrogens (primary N) is 1. The van der Waals surface area contributed by atoms with Gasteiger partial charge in [-0.2, -0.15) is 8.42 Å². The Balaban J connectivity index is 0.00000380. The van der Waals surface area contributed by atoms with Crippen molar-refractivity contribution in [2.45, 2.75) is 25.2 Å². The summed E-state index contributed by atoms with van der Waals surface area (Å²) in [4.78, 5) is 15.7. The molecule has 0 atom stereocenters. The molecule has 14 heteroatoms. The summed E-state index contributed by atoms with van der Waals surface area (Å²) in [6, 6.07) is 6.37. The second-order valence-corrected chi connectivity index (χ2v) is 9.83. The number of amides is 1. The van der Waals surface area contributed by atoms with E-state index in [0.29, 0.717) is 0 Å². The number of aromatic nitrogens is 1. The summed E-state index contributed by atoms with van der Waals surface area (Å²) in [5, 5.41) is 2.40. The number of nitrogens with one attached hydrogen (secondary N) is 3. The molecule has 1 aromatic heterocycles. The molecule has 37 heavy (non-hydrogen) atoms. The zero-order valence-electron chi connectivity index (χ0n) is 18.8. The number of primary amides is 1. The number of hydrogen-bond acceptors (Lipinski definition) is 5. The number of carbonyl (C=O) groups excluding carboxylic acids is 1. The van der Waals surface area contributed by atoms with Gasteiger partial charge in [-0.1, -0.05) is 6.07 Å². The van der Waals surface area contributed by atoms with E-state index >= 15 is 8.78 Å². The molecule has 0 spiro atoms. The standard InChI is InChI=1S/C23H21F4N5O3S.Na.H/c1-29-36(34,35)32-23-19(26)13(6-7-30-23)8-14-9-15(22(28)33)21(20(27)18(14)25)31-17-5-4-12(10-16(17)24)11-2-3-11;;/h4-7,9-11,29,31H,2-3,8H2,1H3,(H2,28,33)(H,30,32);;. The van der Waals surface area contributed by atoms with Crippen molar-refractivity contribution < 1.29 is 30.8 Å². The molecule has 1 heterocycles. The van der Waals surface area contributed by atoms with Crippen molar-refractivity contribution in [2.24, 2.45) is 5.73 Å². The SMILES string of the molecule is CNS(=O)(=O)Nc1nccc(Cc2cc(C(N)=O)c(Nc3ccc(C4CC4)cc3F)c(F)c2F)c1F.[NaH]. The molecule has 0 unspecified atom stereocenters. The van der Waals surface area contributed by atoms with Crippen LogP contribution in [0.15, 0.2) is 36.5 Å². The van der Waals surface area contributed by atoms with Crippen LogP contribution >= 0.6 is 0 Å². The Kier molecular flexibility index (Phi) is 8.85. The van der Waals surface area contributed by atoms with Crippen LogP contribution in [0.2, 0.25) is 0 Å². The van der Waals surface area contributed by atoms with Gasteiger partial charge in [0.2, 0.25) is 0 Å². The second kappa shape index (κ2) is 11.4. The molecule has 0 aliphatic heterocycles. The second-order valence-electron chi connectivity index (χ2n) is 8.21.